The first-order chi connectivity index (χ1) is 13.1. The number of carbonyl (C=O) groups excluding carboxylic acids is 1. The Morgan fingerprint density at radius 2 is 2.11 bits per heavy atom. The monoisotopic (exact) mass is 366 g/mol. The minimum Gasteiger partial charge on any atom is -0.497 e. The van der Waals surface area contributed by atoms with E-state index in [0.29, 0.717) is 16.7 Å². The molecule has 2 aromatic carbocycles. The van der Waals surface area contributed by atoms with Crippen molar-refractivity contribution < 1.29 is 14.7 Å². The molecule has 1 aliphatic heterocycles. The minimum absolute atomic E-state index is 0.126. The molecule has 1 amide bonds. The predicted molar refractivity (Wildman–Crippen MR) is 103 cm³/mol. The number of hydroxylamine groups is 2. The molecule has 1 saturated heterocycles. The van der Waals surface area contributed by atoms with Crippen LogP contribution in [0.1, 0.15) is 39.9 Å². The Hall–Kier alpha value is -2.37. The van der Waals surface area contributed by atoms with Crippen LogP contribution in [0.5, 0.6) is 5.75 Å². The summed E-state index contributed by atoms with van der Waals surface area (Å²) in [4.78, 5) is 12.7. The maximum atomic E-state index is 12.7. The van der Waals surface area contributed by atoms with E-state index in [2.05, 4.69) is 11.4 Å². The van der Waals surface area contributed by atoms with Gasteiger partial charge in [-0.05, 0) is 78.6 Å². The summed E-state index contributed by atoms with van der Waals surface area (Å²) in [5.41, 5.74) is 4.29. The second-order valence-corrected chi connectivity index (χ2v) is 7.80. The standard InChI is InChI=1S/C22H26N2O3/c1-27-20-4-2-3-16(11-20)14-24(26)21(25)18-6-5-17-7-8-22(9-10-23-15-22)13-19(17)12-18/h2-6,11-12,23,26H,7-10,13-15H2,1H3. The minimum atomic E-state index is -0.371. The molecule has 0 bridgehead atoms. The number of hydrogen-bond acceptors (Lipinski definition) is 4. The Bertz CT molecular complexity index is 843. The fourth-order valence-corrected chi connectivity index (χ4v) is 4.38. The first kappa shape index (κ1) is 18.0. The third-order valence-corrected chi connectivity index (χ3v) is 5.98. The van der Waals surface area contributed by atoms with Gasteiger partial charge < -0.3 is 10.1 Å². The van der Waals surface area contributed by atoms with Crippen molar-refractivity contribution in [3.63, 3.8) is 0 Å². The van der Waals surface area contributed by atoms with Gasteiger partial charge in [-0.1, -0.05) is 18.2 Å². The van der Waals surface area contributed by atoms with E-state index in [4.69, 9.17) is 4.74 Å². The number of amides is 1. The summed E-state index contributed by atoms with van der Waals surface area (Å²) >= 11 is 0. The van der Waals surface area contributed by atoms with E-state index < -0.39 is 0 Å². The second-order valence-electron chi connectivity index (χ2n) is 7.80. The summed E-state index contributed by atoms with van der Waals surface area (Å²) in [7, 11) is 1.60. The van der Waals surface area contributed by atoms with Crippen molar-refractivity contribution in [3.8, 4) is 5.75 Å². The maximum absolute atomic E-state index is 12.7. The normalized spacial score (nSPS) is 21.1. The van der Waals surface area contributed by atoms with Crippen LogP contribution in [0.2, 0.25) is 0 Å². The molecule has 2 aliphatic rings. The molecule has 5 nitrogen and oxygen atoms in total. The summed E-state index contributed by atoms with van der Waals surface area (Å²) in [6.45, 7) is 2.27. The Labute approximate surface area is 159 Å². The number of carbonyl (C=O) groups is 1. The van der Waals surface area contributed by atoms with Crippen LogP contribution in [-0.2, 0) is 19.4 Å². The topological polar surface area (TPSA) is 61.8 Å². The Kier molecular flexibility index (Phi) is 4.89. The lowest BCUT2D eigenvalue weighted by molar-refractivity contribution is -0.0648. The molecular weight excluding hydrogens is 340 g/mol. The van der Waals surface area contributed by atoms with Gasteiger partial charge in [0.15, 0.2) is 0 Å². The van der Waals surface area contributed by atoms with Crippen molar-refractivity contribution in [3.05, 3.63) is 64.7 Å². The van der Waals surface area contributed by atoms with Crippen molar-refractivity contribution in [2.24, 2.45) is 5.41 Å². The van der Waals surface area contributed by atoms with E-state index in [-0.39, 0.29) is 12.5 Å². The van der Waals surface area contributed by atoms with Gasteiger partial charge in [-0.15, -0.1) is 0 Å². The highest BCUT2D eigenvalue weighted by atomic mass is 16.5. The first-order valence-corrected chi connectivity index (χ1v) is 9.55. The molecule has 0 radical (unpaired) electrons. The second kappa shape index (κ2) is 7.33. The number of benzene rings is 2. The van der Waals surface area contributed by atoms with Crippen molar-refractivity contribution >= 4 is 5.91 Å². The summed E-state index contributed by atoms with van der Waals surface area (Å²) in [5, 5.41) is 14.6. The average molecular weight is 366 g/mol. The highest BCUT2D eigenvalue weighted by molar-refractivity contribution is 5.93. The molecule has 1 aliphatic carbocycles. The molecule has 2 N–H and O–H groups in total. The highest BCUT2D eigenvalue weighted by Gasteiger charge is 2.37. The Morgan fingerprint density at radius 3 is 2.89 bits per heavy atom. The third kappa shape index (κ3) is 3.70. The van der Waals surface area contributed by atoms with Gasteiger partial charge in [0.1, 0.15) is 5.75 Å². The molecule has 1 heterocycles. The third-order valence-electron chi connectivity index (χ3n) is 5.98. The van der Waals surface area contributed by atoms with E-state index in [0.717, 1.165) is 36.6 Å². The molecular formula is C22H26N2O3. The van der Waals surface area contributed by atoms with Crippen LogP contribution >= 0.6 is 0 Å². The van der Waals surface area contributed by atoms with E-state index in [1.807, 2.05) is 36.4 Å². The lowest BCUT2D eigenvalue weighted by Gasteiger charge is -2.34. The molecule has 2 aromatic rings. The van der Waals surface area contributed by atoms with Crippen LogP contribution in [0.4, 0.5) is 0 Å². The fourth-order valence-electron chi connectivity index (χ4n) is 4.38. The van der Waals surface area contributed by atoms with E-state index in [9.17, 15) is 10.0 Å². The zero-order chi connectivity index (χ0) is 18.9. The van der Waals surface area contributed by atoms with Crippen molar-refractivity contribution in [1.82, 2.24) is 10.4 Å². The molecule has 1 spiro atoms. The Balaban J connectivity index is 1.50. The predicted octanol–water partition coefficient (Wildman–Crippen LogP) is 3.20. The average Bonchev–Trinajstić information content (AvgIpc) is 3.14. The molecule has 1 unspecified atom stereocenters. The molecule has 27 heavy (non-hydrogen) atoms. The number of rotatable bonds is 4. The quantitative estimate of drug-likeness (QED) is 0.644. The van der Waals surface area contributed by atoms with Crippen LogP contribution in [0.25, 0.3) is 0 Å². The molecule has 0 saturated carbocycles. The van der Waals surface area contributed by atoms with E-state index in [1.165, 1.54) is 24.0 Å². The van der Waals surface area contributed by atoms with Gasteiger partial charge in [0.25, 0.3) is 5.91 Å². The number of nitrogens with zero attached hydrogens (tertiary/aromatic N) is 1. The SMILES string of the molecule is COc1cccc(CN(O)C(=O)c2ccc3c(c2)CC2(CCNC2)CC3)c1. The highest BCUT2D eigenvalue weighted by Crippen LogP contribution is 2.40. The number of methoxy groups -OCH3 is 1. The van der Waals surface area contributed by atoms with Gasteiger partial charge in [0.2, 0.25) is 0 Å². The van der Waals surface area contributed by atoms with Crippen molar-refractivity contribution in [2.45, 2.75) is 32.2 Å². The number of ether oxygens (including phenoxy) is 1. The summed E-state index contributed by atoms with van der Waals surface area (Å²) in [5.74, 6) is 0.336. The van der Waals surface area contributed by atoms with Crippen LogP contribution in [0.3, 0.4) is 0 Å². The van der Waals surface area contributed by atoms with Gasteiger partial charge in [-0.2, -0.15) is 0 Å². The van der Waals surface area contributed by atoms with Crippen molar-refractivity contribution in [2.75, 3.05) is 20.2 Å². The van der Waals surface area contributed by atoms with Gasteiger partial charge in [-0.3, -0.25) is 10.0 Å². The molecule has 0 aromatic heterocycles. The van der Waals surface area contributed by atoms with Gasteiger partial charge >= 0.3 is 0 Å². The largest absolute Gasteiger partial charge is 0.497 e. The van der Waals surface area contributed by atoms with Crippen LogP contribution in [0, 0.1) is 5.41 Å². The van der Waals surface area contributed by atoms with Gasteiger partial charge in [0, 0.05) is 12.1 Å². The van der Waals surface area contributed by atoms with E-state index in [1.54, 1.807) is 7.11 Å². The van der Waals surface area contributed by atoms with Gasteiger partial charge in [0.05, 0.1) is 13.7 Å². The first-order valence-electron chi connectivity index (χ1n) is 9.55. The van der Waals surface area contributed by atoms with Crippen LogP contribution in [-0.4, -0.2) is 36.4 Å². The number of hydrogen-bond donors (Lipinski definition) is 2. The zero-order valence-electron chi connectivity index (χ0n) is 15.7. The number of fused-ring (bicyclic) bond motifs is 1. The number of nitrogens with one attached hydrogen (secondary N) is 1. The number of aryl methyl sites for hydroxylation is 1. The molecule has 142 valence electrons. The van der Waals surface area contributed by atoms with E-state index >= 15 is 0 Å². The maximum Gasteiger partial charge on any atom is 0.277 e. The van der Waals surface area contributed by atoms with Gasteiger partial charge in [-0.25, -0.2) is 5.06 Å². The molecule has 1 atom stereocenters. The zero-order valence-corrected chi connectivity index (χ0v) is 15.7. The molecule has 1 fully saturated rings. The summed E-state index contributed by atoms with van der Waals surface area (Å²) in [6.07, 6.45) is 4.49. The van der Waals surface area contributed by atoms with Crippen LogP contribution in [0.15, 0.2) is 42.5 Å². The Morgan fingerprint density at radius 1 is 1.22 bits per heavy atom. The fraction of sp³-hybridized carbons (Fsp3) is 0.409. The smallest absolute Gasteiger partial charge is 0.277 e. The lowest BCUT2D eigenvalue weighted by atomic mass is 9.71. The van der Waals surface area contributed by atoms with Crippen molar-refractivity contribution in [1.29, 1.82) is 0 Å². The summed E-state index contributed by atoms with van der Waals surface area (Å²) < 4.78 is 5.20. The molecule has 4 rings (SSSR count). The lowest BCUT2D eigenvalue weighted by Crippen LogP contribution is -2.32. The van der Waals surface area contributed by atoms with Crippen LogP contribution < -0.4 is 10.1 Å². The summed E-state index contributed by atoms with van der Waals surface area (Å²) in [6, 6.07) is 13.2. The molecule has 5 heteroatoms.